The van der Waals surface area contributed by atoms with Gasteiger partial charge in [-0.3, -0.25) is 4.99 Å². The van der Waals surface area contributed by atoms with Gasteiger partial charge < -0.3 is 15.4 Å². The normalized spacial score (nSPS) is 12.8. The van der Waals surface area contributed by atoms with E-state index in [4.69, 9.17) is 4.74 Å². The molecule has 0 aromatic heterocycles. The Morgan fingerprint density at radius 1 is 1.12 bits per heavy atom. The first-order chi connectivity index (χ1) is 12.3. The third kappa shape index (κ3) is 5.81. The van der Waals surface area contributed by atoms with Crippen LogP contribution in [0.4, 0.5) is 0 Å². The van der Waals surface area contributed by atoms with Crippen molar-refractivity contribution in [2.24, 2.45) is 4.99 Å². The molecule has 0 saturated heterocycles. The lowest BCUT2D eigenvalue weighted by molar-refractivity contribution is 0.357. The van der Waals surface area contributed by atoms with E-state index in [1.807, 2.05) is 0 Å². The molecule has 0 radical (unpaired) electrons. The van der Waals surface area contributed by atoms with E-state index in [9.17, 15) is 0 Å². The Bertz CT molecular complexity index is 734. The fraction of sp³-hybridized carbons (Fsp3) is 0.350. The van der Waals surface area contributed by atoms with Crippen LogP contribution in [0, 0.1) is 0 Å². The van der Waals surface area contributed by atoms with Gasteiger partial charge in [-0.15, -0.1) is 35.7 Å². The molecule has 3 rings (SSSR count). The van der Waals surface area contributed by atoms with E-state index in [0.29, 0.717) is 0 Å². The van der Waals surface area contributed by atoms with Gasteiger partial charge in [0.25, 0.3) is 0 Å². The molecule has 0 atom stereocenters. The van der Waals surface area contributed by atoms with Crippen molar-refractivity contribution in [2.45, 2.75) is 24.3 Å². The number of nitrogens with zero attached hydrogens (tertiary/aromatic N) is 1. The van der Waals surface area contributed by atoms with Gasteiger partial charge in [0.05, 0.1) is 6.61 Å². The largest absolute Gasteiger partial charge is 0.493 e. The van der Waals surface area contributed by atoms with E-state index in [1.165, 1.54) is 21.6 Å². The van der Waals surface area contributed by atoms with Gasteiger partial charge in [0.1, 0.15) is 5.75 Å². The van der Waals surface area contributed by atoms with Crippen molar-refractivity contribution >= 4 is 41.7 Å². The minimum Gasteiger partial charge on any atom is -0.493 e. The summed E-state index contributed by atoms with van der Waals surface area (Å²) in [4.78, 5) is 5.58. The summed E-state index contributed by atoms with van der Waals surface area (Å²) in [5.74, 6) is 1.88. The summed E-state index contributed by atoms with van der Waals surface area (Å²) in [7, 11) is 1.80. The summed E-state index contributed by atoms with van der Waals surface area (Å²) in [6.07, 6.45) is 4.08. The van der Waals surface area contributed by atoms with E-state index in [1.54, 1.807) is 18.8 Å². The van der Waals surface area contributed by atoms with Gasteiger partial charge >= 0.3 is 0 Å². The van der Waals surface area contributed by atoms with E-state index in [2.05, 4.69) is 64.3 Å². The number of aliphatic imine (C=N–C) groups is 1. The van der Waals surface area contributed by atoms with Crippen LogP contribution < -0.4 is 15.4 Å². The summed E-state index contributed by atoms with van der Waals surface area (Å²) in [5.41, 5.74) is 3.91. The smallest absolute Gasteiger partial charge is 0.191 e. The molecule has 0 unspecified atom stereocenters. The summed E-state index contributed by atoms with van der Waals surface area (Å²) < 4.78 is 5.56. The molecule has 2 N–H and O–H groups in total. The van der Waals surface area contributed by atoms with Crippen LogP contribution in [0.15, 0.2) is 52.4 Å². The number of rotatable bonds is 6. The van der Waals surface area contributed by atoms with Crippen LogP contribution in [0.1, 0.15) is 16.7 Å². The summed E-state index contributed by atoms with van der Waals surface area (Å²) in [6.45, 7) is 2.43. The summed E-state index contributed by atoms with van der Waals surface area (Å²) >= 11 is 1.76. The Kier molecular flexibility index (Phi) is 8.58. The number of fused-ring (bicyclic) bond motifs is 1. The fourth-order valence-electron chi connectivity index (χ4n) is 2.87. The van der Waals surface area contributed by atoms with Crippen molar-refractivity contribution in [2.75, 3.05) is 26.5 Å². The van der Waals surface area contributed by atoms with Crippen molar-refractivity contribution in [1.29, 1.82) is 0 Å². The van der Waals surface area contributed by atoms with Crippen LogP contribution in [-0.4, -0.2) is 32.4 Å². The Morgan fingerprint density at radius 2 is 1.88 bits per heavy atom. The maximum absolute atomic E-state index is 5.56. The molecule has 1 aliphatic heterocycles. The highest BCUT2D eigenvalue weighted by atomic mass is 127. The highest BCUT2D eigenvalue weighted by Crippen LogP contribution is 2.25. The van der Waals surface area contributed by atoms with Gasteiger partial charge in [0, 0.05) is 31.5 Å². The lowest BCUT2D eigenvalue weighted by Gasteiger charge is -2.12. The number of hydrogen-bond acceptors (Lipinski definition) is 3. The first-order valence-electron chi connectivity index (χ1n) is 8.60. The standard InChI is InChI=1S/C20H25N3OS.HI/c1-21-20(23-14-16-3-6-18(25-2)7-4-16)22-11-9-15-5-8-19-17(13-15)10-12-24-19;/h3-8,13H,9-12,14H2,1-2H3,(H2,21,22,23);1H. The van der Waals surface area contributed by atoms with E-state index in [-0.39, 0.29) is 24.0 Å². The van der Waals surface area contributed by atoms with Gasteiger partial charge in [-0.1, -0.05) is 24.3 Å². The number of halogens is 1. The number of benzene rings is 2. The van der Waals surface area contributed by atoms with Crippen molar-refractivity contribution < 1.29 is 4.74 Å². The molecule has 1 aliphatic rings. The highest BCUT2D eigenvalue weighted by Gasteiger charge is 2.11. The second-order valence-electron chi connectivity index (χ2n) is 5.99. The molecule has 140 valence electrons. The topological polar surface area (TPSA) is 45.7 Å². The lowest BCUT2D eigenvalue weighted by Crippen LogP contribution is -2.37. The third-order valence-electron chi connectivity index (χ3n) is 4.30. The maximum Gasteiger partial charge on any atom is 0.191 e. The molecular weight excluding hydrogens is 457 g/mol. The van der Waals surface area contributed by atoms with Crippen LogP contribution in [0.2, 0.25) is 0 Å². The molecule has 0 amide bonds. The quantitative estimate of drug-likeness (QED) is 0.284. The molecule has 26 heavy (non-hydrogen) atoms. The molecule has 0 bridgehead atoms. The van der Waals surface area contributed by atoms with E-state index < -0.39 is 0 Å². The van der Waals surface area contributed by atoms with Gasteiger partial charge in [-0.2, -0.15) is 0 Å². The third-order valence-corrected chi connectivity index (χ3v) is 5.05. The zero-order chi connectivity index (χ0) is 17.5. The molecule has 0 spiro atoms. The molecule has 0 fully saturated rings. The van der Waals surface area contributed by atoms with Gasteiger partial charge in [-0.05, 0) is 47.6 Å². The van der Waals surface area contributed by atoms with Crippen LogP contribution in [0.5, 0.6) is 5.75 Å². The van der Waals surface area contributed by atoms with Crippen molar-refractivity contribution in [3.63, 3.8) is 0 Å². The monoisotopic (exact) mass is 483 g/mol. The van der Waals surface area contributed by atoms with Crippen molar-refractivity contribution in [3.8, 4) is 5.75 Å². The van der Waals surface area contributed by atoms with Gasteiger partial charge in [0.2, 0.25) is 0 Å². The van der Waals surface area contributed by atoms with Crippen molar-refractivity contribution in [3.05, 3.63) is 59.2 Å². The van der Waals surface area contributed by atoms with E-state index >= 15 is 0 Å². The Labute approximate surface area is 177 Å². The highest BCUT2D eigenvalue weighted by molar-refractivity contribution is 14.0. The maximum atomic E-state index is 5.56. The van der Waals surface area contributed by atoms with Crippen LogP contribution in [-0.2, 0) is 19.4 Å². The molecule has 4 nitrogen and oxygen atoms in total. The molecule has 2 aromatic carbocycles. The molecule has 0 saturated carbocycles. The fourth-order valence-corrected chi connectivity index (χ4v) is 3.28. The molecule has 2 aromatic rings. The van der Waals surface area contributed by atoms with Crippen molar-refractivity contribution in [1.82, 2.24) is 10.6 Å². The van der Waals surface area contributed by atoms with Crippen LogP contribution in [0.25, 0.3) is 0 Å². The number of nitrogens with one attached hydrogen (secondary N) is 2. The number of thioether (sulfide) groups is 1. The predicted octanol–water partition coefficient (Wildman–Crippen LogP) is 3.87. The minimum absolute atomic E-state index is 0. The Balaban J connectivity index is 0.00000243. The van der Waals surface area contributed by atoms with Crippen LogP contribution in [0.3, 0.4) is 0 Å². The number of guanidine groups is 1. The average Bonchev–Trinajstić information content (AvgIpc) is 3.12. The first-order valence-corrected chi connectivity index (χ1v) is 9.83. The summed E-state index contributed by atoms with van der Waals surface area (Å²) in [6, 6.07) is 15.1. The van der Waals surface area contributed by atoms with E-state index in [0.717, 1.165) is 44.2 Å². The SMILES string of the molecule is CN=C(NCCc1ccc2c(c1)CCO2)NCc1ccc(SC)cc1.I. The summed E-state index contributed by atoms with van der Waals surface area (Å²) in [5, 5.41) is 6.75. The molecule has 0 aliphatic carbocycles. The Hall–Kier alpha value is -1.41. The molecular formula is C20H26IN3OS. The average molecular weight is 483 g/mol. The second kappa shape index (κ2) is 10.7. The minimum atomic E-state index is 0. The molecule has 6 heteroatoms. The predicted molar refractivity (Wildman–Crippen MR) is 121 cm³/mol. The van der Waals surface area contributed by atoms with Gasteiger partial charge in [0.15, 0.2) is 5.96 Å². The van der Waals surface area contributed by atoms with Crippen LogP contribution >= 0.6 is 35.7 Å². The second-order valence-corrected chi connectivity index (χ2v) is 6.87. The zero-order valence-electron chi connectivity index (χ0n) is 15.2. The number of ether oxygens (including phenoxy) is 1. The Morgan fingerprint density at radius 3 is 2.62 bits per heavy atom. The lowest BCUT2D eigenvalue weighted by atomic mass is 10.1. The number of hydrogen-bond donors (Lipinski definition) is 2. The van der Waals surface area contributed by atoms with Gasteiger partial charge in [-0.25, -0.2) is 0 Å². The zero-order valence-corrected chi connectivity index (χ0v) is 18.4. The first kappa shape index (κ1) is 20.9. The molecule has 1 heterocycles.